The number of aliphatic imine (C=N–C) groups is 1. The number of fused-ring (bicyclic) bond motifs is 1. The quantitative estimate of drug-likeness (QED) is 0.274. The van der Waals surface area contributed by atoms with Crippen LogP contribution in [0.15, 0.2) is 53.7 Å². The van der Waals surface area contributed by atoms with Gasteiger partial charge in [-0.2, -0.15) is 0 Å². The maximum absolute atomic E-state index is 12.3. The van der Waals surface area contributed by atoms with Gasteiger partial charge in [0.1, 0.15) is 11.6 Å². The first-order valence-electron chi connectivity index (χ1n) is 10.4. The van der Waals surface area contributed by atoms with E-state index >= 15 is 0 Å². The molecule has 1 saturated heterocycles. The van der Waals surface area contributed by atoms with Crippen LogP contribution in [0.3, 0.4) is 0 Å². The summed E-state index contributed by atoms with van der Waals surface area (Å²) in [6.07, 6.45) is 2.66. The summed E-state index contributed by atoms with van der Waals surface area (Å²) in [7, 11) is 1.81. The lowest BCUT2D eigenvalue weighted by molar-refractivity contribution is -0.121. The standard InChI is InChI=1S/C22H28N6O2.HI/c1-23-22(27-15-13-26(14-16-27)20-9-4-5-10-24-20)25-11-6-12-28-18-7-2-3-8-19(18)30-17-21(28)29;/h2-5,7-10H,6,11-17H2,1H3,(H,23,25);1H. The maximum Gasteiger partial charge on any atom is 0.265 e. The highest BCUT2D eigenvalue weighted by molar-refractivity contribution is 14.0. The molecule has 0 aliphatic carbocycles. The van der Waals surface area contributed by atoms with Crippen molar-refractivity contribution in [2.45, 2.75) is 6.42 Å². The van der Waals surface area contributed by atoms with Crippen molar-refractivity contribution >= 4 is 47.3 Å². The summed E-state index contributed by atoms with van der Waals surface area (Å²) in [5.41, 5.74) is 0.851. The molecule has 1 aromatic carbocycles. The average Bonchev–Trinajstić information content (AvgIpc) is 2.81. The molecule has 1 N–H and O–H groups in total. The van der Waals surface area contributed by atoms with Gasteiger partial charge < -0.3 is 24.8 Å². The van der Waals surface area contributed by atoms with Crippen LogP contribution in [-0.4, -0.2) is 74.7 Å². The number of benzene rings is 1. The fourth-order valence-electron chi connectivity index (χ4n) is 3.86. The van der Waals surface area contributed by atoms with Gasteiger partial charge in [-0.3, -0.25) is 9.79 Å². The number of nitrogens with one attached hydrogen (secondary N) is 1. The highest BCUT2D eigenvalue weighted by atomic mass is 127. The number of pyridine rings is 1. The predicted molar refractivity (Wildman–Crippen MR) is 134 cm³/mol. The normalized spacial score (nSPS) is 16.4. The van der Waals surface area contributed by atoms with Gasteiger partial charge >= 0.3 is 0 Å². The highest BCUT2D eigenvalue weighted by Crippen LogP contribution is 2.31. The van der Waals surface area contributed by atoms with E-state index in [0.29, 0.717) is 6.54 Å². The van der Waals surface area contributed by atoms with Gasteiger partial charge in [-0.1, -0.05) is 18.2 Å². The van der Waals surface area contributed by atoms with Crippen LogP contribution in [-0.2, 0) is 4.79 Å². The van der Waals surface area contributed by atoms with Gasteiger partial charge in [-0.25, -0.2) is 4.98 Å². The Bertz CT molecular complexity index is 887. The molecular formula is C22H29IN6O2. The van der Waals surface area contributed by atoms with Gasteiger partial charge in [0.15, 0.2) is 12.6 Å². The molecule has 2 aliphatic heterocycles. The number of halogens is 1. The van der Waals surface area contributed by atoms with Gasteiger partial charge in [0.05, 0.1) is 5.69 Å². The van der Waals surface area contributed by atoms with E-state index in [2.05, 4.69) is 25.1 Å². The first kappa shape index (κ1) is 23.1. The molecule has 4 rings (SSSR count). The number of guanidine groups is 1. The molecule has 0 radical (unpaired) electrons. The Balaban J connectivity index is 0.00000272. The number of ether oxygens (including phenoxy) is 1. The van der Waals surface area contributed by atoms with Crippen LogP contribution in [0.1, 0.15) is 6.42 Å². The molecule has 166 valence electrons. The molecule has 2 aromatic rings. The van der Waals surface area contributed by atoms with E-state index in [-0.39, 0.29) is 36.5 Å². The van der Waals surface area contributed by atoms with Crippen molar-refractivity contribution in [3.8, 4) is 5.75 Å². The van der Waals surface area contributed by atoms with Crippen LogP contribution >= 0.6 is 24.0 Å². The average molecular weight is 536 g/mol. The van der Waals surface area contributed by atoms with E-state index in [1.165, 1.54) is 0 Å². The lowest BCUT2D eigenvalue weighted by Gasteiger charge is -2.37. The van der Waals surface area contributed by atoms with Crippen LogP contribution in [0.25, 0.3) is 0 Å². The summed E-state index contributed by atoms with van der Waals surface area (Å²) in [4.78, 5) is 27.5. The Labute approximate surface area is 200 Å². The van der Waals surface area contributed by atoms with Crippen molar-refractivity contribution in [1.82, 2.24) is 15.2 Å². The first-order chi connectivity index (χ1) is 14.8. The number of para-hydroxylation sites is 2. The minimum absolute atomic E-state index is 0. The summed E-state index contributed by atoms with van der Waals surface area (Å²) >= 11 is 0. The summed E-state index contributed by atoms with van der Waals surface area (Å²) < 4.78 is 5.51. The van der Waals surface area contributed by atoms with Gasteiger partial charge in [0.2, 0.25) is 0 Å². The highest BCUT2D eigenvalue weighted by Gasteiger charge is 2.25. The number of anilines is 2. The molecule has 0 atom stereocenters. The van der Waals surface area contributed by atoms with E-state index in [1.54, 1.807) is 0 Å². The van der Waals surface area contributed by atoms with E-state index in [4.69, 9.17) is 4.74 Å². The van der Waals surface area contributed by atoms with E-state index in [1.807, 2.05) is 60.6 Å². The molecule has 8 nitrogen and oxygen atoms in total. The molecule has 9 heteroatoms. The largest absolute Gasteiger partial charge is 0.482 e. The first-order valence-corrected chi connectivity index (χ1v) is 10.4. The fraction of sp³-hybridized carbons (Fsp3) is 0.409. The number of piperazine rings is 1. The van der Waals surface area contributed by atoms with Crippen LogP contribution in [0.5, 0.6) is 5.75 Å². The lowest BCUT2D eigenvalue weighted by atomic mass is 10.2. The molecular weight excluding hydrogens is 507 g/mol. The number of carbonyl (C=O) groups is 1. The fourth-order valence-corrected chi connectivity index (χ4v) is 3.86. The summed E-state index contributed by atoms with van der Waals surface area (Å²) in [5, 5.41) is 3.44. The second kappa shape index (κ2) is 11.2. The molecule has 0 spiro atoms. The van der Waals surface area contributed by atoms with Crippen LogP contribution in [0.4, 0.5) is 11.5 Å². The number of rotatable bonds is 5. The van der Waals surface area contributed by atoms with E-state index in [9.17, 15) is 4.79 Å². The Hall–Kier alpha value is -2.56. The Morgan fingerprint density at radius 2 is 1.90 bits per heavy atom. The third-order valence-corrected chi connectivity index (χ3v) is 5.41. The zero-order valence-electron chi connectivity index (χ0n) is 17.7. The van der Waals surface area contributed by atoms with Gasteiger partial charge in [-0.05, 0) is 30.7 Å². The zero-order valence-corrected chi connectivity index (χ0v) is 20.1. The van der Waals surface area contributed by atoms with E-state index < -0.39 is 0 Å². The number of hydrogen-bond donors (Lipinski definition) is 1. The minimum atomic E-state index is 0. The number of amides is 1. The van der Waals surface area contributed by atoms with Gasteiger partial charge in [-0.15, -0.1) is 24.0 Å². The molecule has 0 saturated carbocycles. The van der Waals surface area contributed by atoms with Crippen molar-refractivity contribution in [2.75, 3.05) is 62.7 Å². The molecule has 0 unspecified atom stereocenters. The molecule has 0 bridgehead atoms. The molecule has 1 fully saturated rings. The van der Waals surface area contributed by atoms with E-state index in [0.717, 1.165) is 62.4 Å². The number of hydrogen-bond acceptors (Lipinski definition) is 5. The second-order valence-electron chi connectivity index (χ2n) is 7.29. The SMILES string of the molecule is CN=C(NCCCN1C(=O)COc2ccccc21)N1CCN(c2ccccn2)CC1.I. The summed E-state index contributed by atoms with van der Waals surface area (Å²) in [6, 6.07) is 13.7. The van der Waals surface area contributed by atoms with Crippen LogP contribution < -0.4 is 19.9 Å². The molecule has 3 heterocycles. The number of aromatic nitrogens is 1. The maximum atomic E-state index is 12.3. The predicted octanol–water partition coefficient (Wildman–Crippen LogP) is 2.21. The Morgan fingerprint density at radius 1 is 1.13 bits per heavy atom. The van der Waals surface area contributed by atoms with Crippen LogP contribution in [0.2, 0.25) is 0 Å². The number of nitrogens with zero attached hydrogens (tertiary/aromatic N) is 5. The zero-order chi connectivity index (χ0) is 20.8. The number of carbonyl (C=O) groups excluding carboxylic acids is 1. The lowest BCUT2D eigenvalue weighted by Crippen LogP contribution is -2.53. The van der Waals surface area contributed by atoms with Crippen molar-refractivity contribution in [1.29, 1.82) is 0 Å². The molecule has 31 heavy (non-hydrogen) atoms. The third kappa shape index (κ3) is 5.57. The Morgan fingerprint density at radius 3 is 2.65 bits per heavy atom. The minimum Gasteiger partial charge on any atom is -0.482 e. The monoisotopic (exact) mass is 536 g/mol. The smallest absolute Gasteiger partial charge is 0.265 e. The van der Waals surface area contributed by atoms with Crippen LogP contribution in [0, 0.1) is 0 Å². The molecule has 1 amide bonds. The third-order valence-electron chi connectivity index (χ3n) is 5.41. The summed E-state index contributed by atoms with van der Waals surface area (Å²) in [5.74, 6) is 2.70. The summed E-state index contributed by atoms with van der Waals surface area (Å²) in [6.45, 7) is 5.12. The second-order valence-corrected chi connectivity index (χ2v) is 7.29. The Kier molecular flexibility index (Phi) is 8.33. The van der Waals surface area contributed by atoms with Gasteiger partial charge in [0, 0.05) is 52.5 Å². The molecule has 2 aliphatic rings. The van der Waals surface area contributed by atoms with Crippen molar-refractivity contribution in [3.63, 3.8) is 0 Å². The molecule has 1 aromatic heterocycles. The topological polar surface area (TPSA) is 73.3 Å². The van der Waals surface area contributed by atoms with Crippen molar-refractivity contribution in [2.24, 2.45) is 4.99 Å². The van der Waals surface area contributed by atoms with Gasteiger partial charge in [0.25, 0.3) is 5.91 Å². The van der Waals surface area contributed by atoms with Crippen molar-refractivity contribution < 1.29 is 9.53 Å². The van der Waals surface area contributed by atoms with Crippen molar-refractivity contribution in [3.05, 3.63) is 48.7 Å².